The Labute approximate surface area is 186 Å². The van der Waals surface area contributed by atoms with Crippen molar-refractivity contribution < 1.29 is 28.5 Å². The number of methoxy groups -OCH3 is 2. The van der Waals surface area contributed by atoms with Gasteiger partial charge in [-0.15, -0.1) is 0 Å². The lowest BCUT2D eigenvalue weighted by atomic mass is 10.0. The molecule has 0 N–H and O–H groups in total. The summed E-state index contributed by atoms with van der Waals surface area (Å²) in [5.41, 5.74) is 1.36. The van der Waals surface area contributed by atoms with Crippen molar-refractivity contribution in [2.45, 2.75) is 0 Å². The van der Waals surface area contributed by atoms with Gasteiger partial charge in [-0.25, -0.2) is 0 Å². The van der Waals surface area contributed by atoms with Gasteiger partial charge in [0.1, 0.15) is 29.6 Å². The highest BCUT2D eigenvalue weighted by atomic mass is 16.5. The van der Waals surface area contributed by atoms with E-state index < -0.39 is 0 Å². The summed E-state index contributed by atoms with van der Waals surface area (Å²) in [6.07, 6.45) is 0. The molecule has 0 unspecified atom stereocenters. The molecular formula is C24H26N2O6. The van der Waals surface area contributed by atoms with E-state index in [1.165, 1.54) is 4.90 Å². The van der Waals surface area contributed by atoms with Gasteiger partial charge < -0.3 is 23.8 Å². The van der Waals surface area contributed by atoms with Crippen LogP contribution in [-0.4, -0.2) is 75.3 Å². The van der Waals surface area contributed by atoms with Gasteiger partial charge in [0.05, 0.1) is 39.6 Å². The minimum atomic E-state index is -0.348. The largest absolute Gasteiger partial charge is 0.497 e. The molecule has 2 aliphatic heterocycles. The van der Waals surface area contributed by atoms with Crippen LogP contribution in [0.2, 0.25) is 0 Å². The Bertz CT molecular complexity index is 1010. The number of amides is 2. The molecule has 2 aromatic carbocycles. The van der Waals surface area contributed by atoms with E-state index in [4.69, 9.17) is 18.9 Å². The Hall–Kier alpha value is -3.52. The second-order valence-corrected chi connectivity index (χ2v) is 7.31. The highest BCUT2D eigenvalue weighted by molar-refractivity contribution is 6.36. The maximum Gasteiger partial charge on any atom is 0.277 e. The fraction of sp³-hybridized carbons (Fsp3) is 0.333. The number of hydrogen-bond acceptors (Lipinski definition) is 7. The van der Waals surface area contributed by atoms with Crippen LogP contribution in [0.4, 0.5) is 0 Å². The first-order chi connectivity index (χ1) is 15.6. The average Bonchev–Trinajstić information content (AvgIpc) is 3.09. The first-order valence-corrected chi connectivity index (χ1v) is 10.5. The van der Waals surface area contributed by atoms with Crippen molar-refractivity contribution in [2.24, 2.45) is 0 Å². The third-order valence-corrected chi connectivity index (χ3v) is 5.49. The van der Waals surface area contributed by atoms with E-state index in [-0.39, 0.29) is 25.0 Å². The number of morpholine rings is 1. The highest BCUT2D eigenvalue weighted by Crippen LogP contribution is 2.36. The molecule has 0 spiro atoms. The number of carbonyl (C=O) groups excluding carboxylic acids is 2. The lowest BCUT2D eigenvalue weighted by Gasteiger charge is -2.29. The van der Waals surface area contributed by atoms with Crippen molar-refractivity contribution in [3.8, 4) is 17.2 Å². The summed E-state index contributed by atoms with van der Waals surface area (Å²) in [7, 11) is 3.15. The number of carbonyl (C=O) groups is 2. The van der Waals surface area contributed by atoms with Crippen LogP contribution in [0, 0.1) is 0 Å². The smallest absolute Gasteiger partial charge is 0.277 e. The number of imide groups is 1. The lowest BCUT2D eigenvalue weighted by molar-refractivity contribution is -0.138. The van der Waals surface area contributed by atoms with E-state index in [1.54, 1.807) is 50.6 Å². The number of para-hydroxylation sites is 1. The topological polar surface area (TPSA) is 77.5 Å². The second-order valence-electron chi connectivity index (χ2n) is 7.31. The van der Waals surface area contributed by atoms with Gasteiger partial charge in [0, 0.05) is 18.7 Å². The van der Waals surface area contributed by atoms with Crippen molar-refractivity contribution in [2.75, 3.05) is 53.7 Å². The molecule has 1 fully saturated rings. The zero-order valence-corrected chi connectivity index (χ0v) is 18.2. The summed E-state index contributed by atoms with van der Waals surface area (Å²) < 4.78 is 21.8. The van der Waals surface area contributed by atoms with Crippen LogP contribution in [-0.2, 0) is 14.3 Å². The van der Waals surface area contributed by atoms with E-state index in [0.29, 0.717) is 54.6 Å². The Kier molecular flexibility index (Phi) is 6.61. The maximum absolute atomic E-state index is 13.4. The van der Waals surface area contributed by atoms with Gasteiger partial charge in [-0.2, -0.15) is 0 Å². The molecule has 1 saturated heterocycles. The van der Waals surface area contributed by atoms with Crippen LogP contribution in [0.15, 0.2) is 54.2 Å². The zero-order valence-electron chi connectivity index (χ0n) is 18.2. The van der Waals surface area contributed by atoms with E-state index in [1.807, 2.05) is 17.0 Å². The average molecular weight is 438 g/mol. The van der Waals surface area contributed by atoms with Crippen molar-refractivity contribution in [3.63, 3.8) is 0 Å². The number of rotatable bonds is 8. The van der Waals surface area contributed by atoms with Gasteiger partial charge in [0.25, 0.3) is 11.8 Å². The molecule has 0 saturated carbocycles. The van der Waals surface area contributed by atoms with Crippen LogP contribution in [0.1, 0.15) is 5.56 Å². The van der Waals surface area contributed by atoms with Crippen LogP contribution in [0.3, 0.4) is 0 Å². The van der Waals surface area contributed by atoms with Crippen LogP contribution < -0.4 is 14.2 Å². The summed E-state index contributed by atoms with van der Waals surface area (Å²) in [5, 5.41) is 0. The van der Waals surface area contributed by atoms with E-state index in [0.717, 1.165) is 5.75 Å². The molecule has 0 radical (unpaired) electrons. The molecule has 8 nitrogen and oxygen atoms in total. The van der Waals surface area contributed by atoms with Gasteiger partial charge in [-0.1, -0.05) is 18.2 Å². The molecule has 4 rings (SSSR count). The number of ether oxygens (including phenoxy) is 4. The quantitative estimate of drug-likeness (QED) is 0.585. The van der Waals surface area contributed by atoms with Gasteiger partial charge in [0.15, 0.2) is 0 Å². The van der Waals surface area contributed by atoms with Crippen molar-refractivity contribution in [3.05, 3.63) is 59.8 Å². The van der Waals surface area contributed by atoms with Crippen LogP contribution in [0.5, 0.6) is 17.2 Å². The summed E-state index contributed by atoms with van der Waals surface area (Å²) in [6.45, 7) is 2.41. The van der Waals surface area contributed by atoms with Crippen molar-refractivity contribution in [1.29, 1.82) is 0 Å². The van der Waals surface area contributed by atoms with Gasteiger partial charge >= 0.3 is 0 Å². The summed E-state index contributed by atoms with van der Waals surface area (Å²) in [5.74, 6) is 1.24. The normalized spacial score (nSPS) is 16.6. The third-order valence-electron chi connectivity index (χ3n) is 5.49. The summed E-state index contributed by atoms with van der Waals surface area (Å²) in [6, 6.07) is 14.4. The standard InChI is InChI=1S/C24H26N2O6/c1-29-17-7-9-18(10-8-17)32-16-13-26-23(27)21(19-5-3-4-6-20(19)30-2)22(24(26)28)25-11-14-31-15-12-25/h3-10H,11-16H2,1-2H3. The number of benzene rings is 2. The fourth-order valence-electron chi connectivity index (χ4n) is 3.87. The molecule has 2 aliphatic rings. The predicted octanol–water partition coefficient (Wildman–Crippen LogP) is 2.19. The Morgan fingerprint density at radius 1 is 0.875 bits per heavy atom. The SMILES string of the molecule is COc1ccc(OCCN2C(=O)C(c3ccccc3OC)=C(N3CCOCC3)C2=O)cc1. The fourth-order valence-corrected chi connectivity index (χ4v) is 3.87. The Balaban J connectivity index is 1.57. The van der Waals surface area contributed by atoms with Crippen molar-refractivity contribution in [1.82, 2.24) is 9.80 Å². The molecule has 8 heteroatoms. The molecule has 2 aromatic rings. The predicted molar refractivity (Wildman–Crippen MR) is 118 cm³/mol. The van der Waals surface area contributed by atoms with Gasteiger partial charge in [-0.05, 0) is 30.3 Å². The molecule has 32 heavy (non-hydrogen) atoms. The molecular weight excluding hydrogens is 412 g/mol. The molecule has 168 valence electrons. The number of nitrogens with zero attached hydrogens (tertiary/aromatic N) is 2. The number of hydrogen-bond donors (Lipinski definition) is 0. The van der Waals surface area contributed by atoms with E-state index in [2.05, 4.69) is 0 Å². The first-order valence-electron chi connectivity index (χ1n) is 10.5. The molecule has 0 atom stereocenters. The van der Waals surface area contributed by atoms with Crippen LogP contribution >= 0.6 is 0 Å². The molecule has 2 heterocycles. The van der Waals surface area contributed by atoms with Crippen molar-refractivity contribution >= 4 is 17.4 Å². The Morgan fingerprint density at radius 2 is 1.56 bits per heavy atom. The summed E-state index contributed by atoms with van der Waals surface area (Å²) in [4.78, 5) is 30.0. The lowest BCUT2D eigenvalue weighted by Crippen LogP contribution is -2.41. The van der Waals surface area contributed by atoms with E-state index in [9.17, 15) is 9.59 Å². The molecule has 2 amide bonds. The first kappa shape index (κ1) is 21.7. The van der Waals surface area contributed by atoms with Gasteiger partial charge in [-0.3, -0.25) is 14.5 Å². The minimum Gasteiger partial charge on any atom is -0.497 e. The molecule has 0 bridgehead atoms. The van der Waals surface area contributed by atoms with Gasteiger partial charge in [0.2, 0.25) is 0 Å². The second kappa shape index (κ2) is 9.74. The Morgan fingerprint density at radius 3 is 2.25 bits per heavy atom. The monoisotopic (exact) mass is 438 g/mol. The maximum atomic E-state index is 13.4. The van der Waals surface area contributed by atoms with E-state index >= 15 is 0 Å². The minimum absolute atomic E-state index is 0.135. The molecule has 0 aliphatic carbocycles. The molecule has 0 aromatic heterocycles. The van der Waals surface area contributed by atoms with Crippen LogP contribution in [0.25, 0.3) is 5.57 Å². The highest BCUT2D eigenvalue weighted by Gasteiger charge is 2.42. The zero-order chi connectivity index (χ0) is 22.5. The third kappa shape index (κ3) is 4.27. The summed E-state index contributed by atoms with van der Waals surface area (Å²) >= 11 is 0.